The molecule has 0 atom stereocenters. The highest BCUT2D eigenvalue weighted by Crippen LogP contribution is 2.32. The van der Waals surface area contributed by atoms with Crippen LogP contribution in [0, 0.1) is 6.92 Å². The van der Waals surface area contributed by atoms with Crippen LogP contribution in [-0.2, 0) is 22.8 Å². The van der Waals surface area contributed by atoms with E-state index in [9.17, 15) is 4.21 Å². The number of nitrogens with zero attached hydrogens (tertiary/aromatic N) is 1. The molecule has 0 aliphatic carbocycles. The fourth-order valence-corrected chi connectivity index (χ4v) is 4.49. The van der Waals surface area contributed by atoms with Crippen LogP contribution in [0.5, 0.6) is 0 Å². The van der Waals surface area contributed by atoms with Crippen LogP contribution in [0.3, 0.4) is 0 Å². The van der Waals surface area contributed by atoms with Crippen molar-refractivity contribution in [2.45, 2.75) is 53.5 Å². The summed E-state index contributed by atoms with van der Waals surface area (Å²) < 4.78 is 11.4. The standard InChI is InChI=1S/C14H23NOS2.C2H6/c1-11-9-13(14(2,3)4)17-12(11)10-15-5-7-18(16)8-6-15;1-2/h9H,5-8,10H2,1-4H3;1-2H3. The van der Waals surface area contributed by atoms with Gasteiger partial charge in [0, 0.05) is 51.7 Å². The van der Waals surface area contributed by atoms with Gasteiger partial charge in [0.1, 0.15) is 0 Å². The Balaban J connectivity index is 0.000000956. The quantitative estimate of drug-likeness (QED) is 0.824. The van der Waals surface area contributed by atoms with E-state index >= 15 is 0 Å². The summed E-state index contributed by atoms with van der Waals surface area (Å²) in [4.78, 5) is 5.38. The summed E-state index contributed by atoms with van der Waals surface area (Å²) in [6, 6.07) is 2.34. The van der Waals surface area contributed by atoms with Gasteiger partial charge in [-0.3, -0.25) is 9.11 Å². The summed E-state index contributed by atoms with van der Waals surface area (Å²) >= 11 is 1.94. The summed E-state index contributed by atoms with van der Waals surface area (Å²) in [6.07, 6.45) is 0. The fraction of sp³-hybridized carbons (Fsp3) is 0.750. The van der Waals surface area contributed by atoms with Gasteiger partial charge in [-0.25, -0.2) is 0 Å². The van der Waals surface area contributed by atoms with Gasteiger partial charge in [0.2, 0.25) is 0 Å². The van der Waals surface area contributed by atoms with Crippen molar-refractivity contribution in [2.75, 3.05) is 24.6 Å². The van der Waals surface area contributed by atoms with Gasteiger partial charge in [-0.1, -0.05) is 34.6 Å². The smallest absolute Gasteiger partial charge is 0.0363 e. The van der Waals surface area contributed by atoms with Crippen molar-refractivity contribution in [3.05, 3.63) is 21.4 Å². The third-order valence-corrected chi connectivity index (χ3v) is 6.32. The molecule has 0 aromatic carbocycles. The summed E-state index contributed by atoms with van der Waals surface area (Å²) in [5.74, 6) is 1.69. The first-order valence-corrected chi connectivity index (χ1v) is 9.84. The monoisotopic (exact) mass is 315 g/mol. The Morgan fingerprint density at radius 1 is 1.25 bits per heavy atom. The molecule has 1 aliphatic heterocycles. The Morgan fingerprint density at radius 3 is 2.25 bits per heavy atom. The molecule has 116 valence electrons. The largest absolute Gasteiger partial charge is 0.296 e. The van der Waals surface area contributed by atoms with Crippen LogP contribution in [0.25, 0.3) is 0 Å². The Morgan fingerprint density at radius 2 is 1.80 bits per heavy atom. The van der Waals surface area contributed by atoms with Gasteiger partial charge in [-0.2, -0.15) is 0 Å². The lowest BCUT2D eigenvalue weighted by Crippen LogP contribution is -2.37. The van der Waals surface area contributed by atoms with Crippen molar-refractivity contribution >= 4 is 22.1 Å². The van der Waals surface area contributed by atoms with Gasteiger partial charge in [0.05, 0.1) is 0 Å². The predicted octanol–water partition coefficient (Wildman–Crippen LogP) is 3.94. The van der Waals surface area contributed by atoms with Crippen molar-refractivity contribution in [1.29, 1.82) is 0 Å². The number of hydrogen-bond donors (Lipinski definition) is 0. The van der Waals surface area contributed by atoms with E-state index in [1.165, 1.54) is 15.3 Å². The number of rotatable bonds is 2. The van der Waals surface area contributed by atoms with E-state index in [2.05, 4.69) is 38.7 Å². The average molecular weight is 316 g/mol. The predicted molar refractivity (Wildman–Crippen MR) is 92.3 cm³/mol. The normalized spacial score (nSPS) is 17.7. The SMILES string of the molecule is CC.Cc1cc(C(C)(C)C)sc1CN1CCS(=O)CC1. The van der Waals surface area contributed by atoms with E-state index in [0.29, 0.717) is 0 Å². The third kappa shape index (κ3) is 4.97. The fourth-order valence-electron chi connectivity index (χ4n) is 2.08. The molecule has 0 unspecified atom stereocenters. The summed E-state index contributed by atoms with van der Waals surface area (Å²) in [7, 11) is -0.571. The number of aryl methyl sites for hydroxylation is 1. The summed E-state index contributed by atoms with van der Waals surface area (Å²) in [5.41, 5.74) is 1.66. The minimum absolute atomic E-state index is 0.247. The zero-order chi connectivity index (χ0) is 15.3. The Hall–Kier alpha value is -0.190. The van der Waals surface area contributed by atoms with Gasteiger partial charge in [0.25, 0.3) is 0 Å². The molecule has 1 fully saturated rings. The number of hydrogen-bond acceptors (Lipinski definition) is 3. The Labute approximate surface area is 131 Å². The van der Waals surface area contributed by atoms with Gasteiger partial charge in [0.15, 0.2) is 0 Å². The van der Waals surface area contributed by atoms with Gasteiger partial charge < -0.3 is 0 Å². The van der Waals surface area contributed by atoms with Gasteiger partial charge >= 0.3 is 0 Å². The lowest BCUT2D eigenvalue weighted by Gasteiger charge is -2.25. The lowest BCUT2D eigenvalue weighted by atomic mass is 9.94. The van der Waals surface area contributed by atoms with Crippen LogP contribution in [0.15, 0.2) is 6.07 Å². The van der Waals surface area contributed by atoms with Crippen molar-refractivity contribution in [3.63, 3.8) is 0 Å². The molecule has 0 radical (unpaired) electrons. The molecule has 1 aromatic heterocycles. The molecule has 2 rings (SSSR count). The Bertz CT molecular complexity index is 436. The molecule has 4 heteroatoms. The van der Waals surface area contributed by atoms with E-state index < -0.39 is 10.8 Å². The van der Waals surface area contributed by atoms with E-state index in [4.69, 9.17) is 0 Å². The second kappa shape index (κ2) is 7.71. The van der Waals surface area contributed by atoms with Crippen molar-refractivity contribution in [1.82, 2.24) is 4.90 Å². The molecule has 0 bridgehead atoms. The number of thiophene rings is 1. The minimum atomic E-state index is -0.571. The van der Waals surface area contributed by atoms with E-state index in [1.54, 1.807) is 0 Å². The molecule has 0 N–H and O–H groups in total. The molecular formula is C16H29NOS2. The molecule has 1 saturated heterocycles. The second-order valence-electron chi connectivity index (χ2n) is 6.09. The minimum Gasteiger partial charge on any atom is -0.296 e. The molecule has 0 saturated carbocycles. The lowest BCUT2D eigenvalue weighted by molar-refractivity contribution is 0.293. The highest BCUT2D eigenvalue weighted by Gasteiger charge is 2.21. The first kappa shape index (κ1) is 17.9. The molecule has 0 spiro atoms. The molecular weight excluding hydrogens is 286 g/mol. The van der Waals surface area contributed by atoms with Crippen LogP contribution >= 0.6 is 11.3 Å². The zero-order valence-corrected chi connectivity index (χ0v) is 15.4. The maximum Gasteiger partial charge on any atom is 0.0363 e. The maximum absolute atomic E-state index is 11.4. The van der Waals surface area contributed by atoms with Crippen molar-refractivity contribution in [3.8, 4) is 0 Å². The maximum atomic E-state index is 11.4. The second-order valence-corrected chi connectivity index (χ2v) is 8.92. The highest BCUT2D eigenvalue weighted by atomic mass is 32.2. The molecule has 1 aromatic rings. The molecule has 2 heterocycles. The van der Waals surface area contributed by atoms with E-state index in [0.717, 1.165) is 31.1 Å². The van der Waals surface area contributed by atoms with Crippen molar-refractivity contribution < 1.29 is 4.21 Å². The van der Waals surface area contributed by atoms with Crippen LogP contribution in [-0.4, -0.2) is 33.7 Å². The van der Waals surface area contributed by atoms with Crippen LogP contribution in [0.4, 0.5) is 0 Å². The van der Waals surface area contributed by atoms with Gasteiger partial charge in [-0.15, -0.1) is 11.3 Å². The molecule has 1 aliphatic rings. The topological polar surface area (TPSA) is 20.3 Å². The molecule has 0 amide bonds. The average Bonchev–Trinajstić information content (AvgIpc) is 2.76. The summed E-state index contributed by atoms with van der Waals surface area (Å²) in [5, 5.41) is 0. The van der Waals surface area contributed by atoms with Gasteiger partial charge in [-0.05, 0) is 24.0 Å². The van der Waals surface area contributed by atoms with Crippen LogP contribution in [0.1, 0.15) is 49.9 Å². The first-order chi connectivity index (χ1) is 9.36. The molecule has 20 heavy (non-hydrogen) atoms. The summed E-state index contributed by atoms with van der Waals surface area (Å²) in [6.45, 7) is 16.0. The van der Waals surface area contributed by atoms with Crippen LogP contribution in [0.2, 0.25) is 0 Å². The Kier molecular flexibility index (Phi) is 6.89. The highest BCUT2D eigenvalue weighted by molar-refractivity contribution is 7.85. The van der Waals surface area contributed by atoms with Crippen LogP contribution < -0.4 is 0 Å². The zero-order valence-electron chi connectivity index (χ0n) is 13.8. The van der Waals surface area contributed by atoms with E-state index in [-0.39, 0.29) is 5.41 Å². The first-order valence-electron chi connectivity index (χ1n) is 7.53. The van der Waals surface area contributed by atoms with E-state index in [1.807, 2.05) is 25.2 Å². The van der Waals surface area contributed by atoms with Crippen molar-refractivity contribution in [2.24, 2.45) is 0 Å². The third-order valence-electron chi connectivity index (χ3n) is 3.40. The molecule has 2 nitrogen and oxygen atoms in total.